The molecular weight excluding hydrogens is 314 g/mol. The Labute approximate surface area is 141 Å². The van der Waals surface area contributed by atoms with Gasteiger partial charge in [0, 0.05) is 24.6 Å². The van der Waals surface area contributed by atoms with Gasteiger partial charge in [-0.1, -0.05) is 36.2 Å². The Morgan fingerprint density at radius 3 is 2.96 bits per heavy atom. The highest BCUT2D eigenvalue weighted by Crippen LogP contribution is 2.31. The van der Waals surface area contributed by atoms with Crippen LogP contribution in [0.2, 0.25) is 5.15 Å². The molecule has 23 heavy (non-hydrogen) atoms. The summed E-state index contributed by atoms with van der Waals surface area (Å²) in [6.45, 7) is 4.86. The van der Waals surface area contributed by atoms with E-state index in [9.17, 15) is 0 Å². The number of ether oxygens (including phenoxy) is 1. The van der Waals surface area contributed by atoms with Crippen LogP contribution in [-0.2, 0) is 11.2 Å². The summed E-state index contributed by atoms with van der Waals surface area (Å²) < 4.78 is 11.3. The number of halogens is 1. The van der Waals surface area contributed by atoms with Gasteiger partial charge in [-0.3, -0.25) is 0 Å². The summed E-state index contributed by atoms with van der Waals surface area (Å²) in [5.41, 5.74) is 1.82. The predicted octanol–water partition coefficient (Wildman–Crippen LogP) is 4.08. The van der Waals surface area contributed by atoms with Crippen LogP contribution in [0.5, 0.6) is 0 Å². The summed E-state index contributed by atoms with van der Waals surface area (Å²) in [7, 11) is 0. The van der Waals surface area contributed by atoms with Crippen LogP contribution in [0.25, 0.3) is 0 Å². The van der Waals surface area contributed by atoms with Crippen LogP contribution >= 0.6 is 11.6 Å². The highest BCUT2D eigenvalue weighted by Gasteiger charge is 2.27. The van der Waals surface area contributed by atoms with Crippen molar-refractivity contribution in [2.45, 2.75) is 58.0 Å². The first kappa shape index (κ1) is 16.4. The fraction of sp³-hybridized carbons (Fsp3) is 0.588. The van der Waals surface area contributed by atoms with Crippen LogP contribution in [-0.4, -0.2) is 27.8 Å². The topological polar surface area (TPSA) is 61.0 Å². The summed E-state index contributed by atoms with van der Waals surface area (Å²) >= 11 is 6.17. The first-order chi connectivity index (χ1) is 11.2. The van der Waals surface area contributed by atoms with Crippen molar-refractivity contribution in [3.63, 3.8) is 0 Å². The minimum atomic E-state index is 0.299. The number of hydrogen-bond donors (Lipinski definition) is 0. The Balaban J connectivity index is 1.68. The third-order valence-electron chi connectivity index (χ3n) is 4.22. The van der Waals surface area contributed by atoms with E-state index in [-0.39, 0.29) is 0 Å². The normalized spacial score (nSPS) is 21.5. The second-order valence-electron chi connectivity index (χ2n) is 6.13. The third-order valence-corrected chi connectivity index (χ3v) is 4.55. The number of nitrogens with zero attached hydrogens (tertiary/aromatic N) is 3. The molecule has 0 aromatic carbocycles. The number of hydrogen-bond acceptors (Lipinski definition) is 5. The number of aryl methyl sites for hydroxylation is 1. The Morgan fingerprint density at radius 2 is 2.17 bits per heavy atom. The van der Waals surface area contributed by atoms with Crippen molar-refractivity contribution in [1.29, 1.82) is 0 Å². The summed E-state index contributed by atoms with van der Waals surface area (Å²) in [5, 5.41) is 4.61. The molecule has 3 rings (SSSR count). The SMILES string of the molecule is CCCC1CC(c2nc(Cc3ccc(C)nc3Cl)no2)CCO1. The van der Waals surface area contributed by atoms with Gasteiger partial charge < -0.3 is 9.26 Å². The van der Waals surface area contributed by atoms with Crippen LogP contribution < -0.4 is 0 Å². The fourth-order valence-electron chi connectivity index (χ4n) is 2.99. The maximum Gasteiger partial charge on any atom is 0.229 e. The van der Waals surface area contributed by atoms with Gasteiger partial charge in [-0.2, -0.15) is 4.98 Å². The lowest BCUT2D eigenvalue weighted by Gasteiger charge is -2.27. The van der Waals surface area contributed by atoms with E-state index in [0.29, 0.717) is 29.4 Å². The predicted molar refractivity (Wildman–Crippen MR) is 87.7 cm³/mol. The molecule has 0 spiro atoms. The molecule has 0 amide bonds. The fourth-order valence-corrected chi connectivity index (χ4v) is 3.25. The first-order valence-electron chi connectivity index (χ1n) is 8.21. The molecule has 2 aromatic rings. The monoisotopic (exact) mass is 335 g/mol. The summed E-state index contributed by atoms with van der Waals surface area (Å²) in [5.74, 6) is 1.68. The highest BCUT2D eigenvalue weighted by molar-refractivity contribution is 6.30. The van der Waals surface area contributed by atoms with Crippen molar-refractivity contribution in [3.05, 3.63) is 40.3 Å². The number of pyridine rings is 1. The van der Waals surface area contributed by atoms with E-state index >= 15 is 0 Å². The second kappa shape index (κ2) is 7.41. The van der Waals surface area contributed by atoms with E-state index in [1.165, 1.54) is 0 Å². The Morgan fingerprint density at radius 1 is 1.30 bits per heavy atom. The van der Waals surface area contributed by atoms with Crippen molar-refractivity contribution in [2.75, 3.05) is 6.61 Å². The molecule has 1 aliphatic heterocycles. The van der Waals surface area contributed by atoms with E-state index in [1.807, 2.05) is 19.1 Å². The van der Waals surface area contributed by atoms with Crippen LogP contribution in [0.1, 0.15) is 61.5 Å². The van der Waals surface area contributed by atoms with Gasteiger partial charge in [-0.15, -0.1) is 0 Å². The summed E-state index contributed by atoms with van der Waals surface area (Å²) in [6, 6.07) is 3.91. The Hall–Kier alpha value is -1.46. The second-order valence-corrected chi connectivity index (χ2v) is 6.49. The number of aromatic nitrogens is 3. The summed E-state index contributed by atoms with van der Waals surface area (Å²) in [4.78, 5) is 8.83. The van der Waals surface area contributed by atoms with Crippen molar-refractivity contribution in [1.82, 2.24) is 15.1 Å². The van der Waals surface area contributed by atoms with Crippen molar-refractivity contribution in [3.8, 4) is 0 Å². The van der Waals surface area contributed by atoms with Crippen LogP contribution in [0, 0.1) is 6.92 Å². The minimum Gasteiger partial charge on any atom is -0.378 e. The molecule has 0 N–H and O–H groups in total. The van der Waals surface area contributed by atoms with Gasteiger partial charge in [0.15, 0.2) is 5.82 Å². The Bertz CT molecular complexity index is 657. The molecule has 0 saturated carbocycles. The maximum atomic E-state index is 6.17. The highest BCUT2D eigenvalue weighted by atomic mass is 35.5. The molecule has 0 radical (unpaired) electrons. The van der Waals surface area contributed by atoms with Crippen LogP contribution in [0.3, 0.4) is 0 Å². The van der Waals surface area contributed by atoms with Gasteiger partial charge in [0.05, 0.1) is 6.10 Å². The lowest BCUT2D eigenvalue weighted by Crippen LogP contribution is -2.24. The molecule has 6 heteroatoms. The van der Waals surface area contributed by atoms with Crippen molar-refractivity contribution < 1.29 is 9.26 Å². The molecule has 0 aliphatic carbocycles. The molecule has 1 saturated heterocycles. The largest absolute Gasteiger partial charge is 0.378 e. The maximum absolute atomic E-state index is 6.17. The average Bonchev–Trinajstić information content (AvgIpc) is 2.99. The molecule has 2 aromatic heterocycles. The lowest BCUT2D eigenvalue weighted by molar-refractivity contribution is -0.00302. The van der Waals surface area contributed by atoms with E-state index < -0.39 is 0 Å². The van der Waals surface area contributed by atoms with Crippen molar-refractivity contribution >= 4 is 11.6 Å². The zero-order valence-corrected chi connectivity index (χ0v) is 14.3. The standard InChI is InChI=1S/C17H22ClN3O2/c1-3-4-14-9-13(7-8-22-14)17-20-15(21-23-17)10-12-6-5-11(2)19-16(12)18/h5-6,13-14H,3-4,7-10H2,1-2H3. The van der Waals surface area contributed by atoms with Gasteiger partial charge in [0.1, 0.15) is 5.15 Å². The third kappa shape index (κ3) is 4.09. The number of rotatable bonds is 5. The van der Waals surface area contributed by atoms with Gasteiger partial charge in [0.2, 0.25) is 5.89 Å². The molecule has 1 fully saturated rings. The lowest BCUT2D eigenvalue weighted by atomic mass is 9.93. The van der Waals surface area contributed by atoms with E-state index in [0.717, 1.165) is 49.4 Å². The van der Waals surface area contributed by atoms with E-state index in [4.69, 9.17) is 20.9 Å². The first-order valence-corrected chi connectivity index (χ1v) is 8.59. The molecule has 1 aliphatic rings. The quantitative estimate of drug-likeness (QED) is 0.770. The van der Waals surface area contributed by atoms with Gasteiger partial charge in [-0.05, 0) is 37.8 Å². The molecule has 0 bridgehead atoms. The zero-order valence-electron chi connectivity index (χ0n) is 13.6. The molecule has 2 atom stereocenters. The van der Waals surface area contributed by atoms with E-state index in [2.05, 4.69) is 22.0 Å². The molecule has 124 valence electrons. The van der Waals surface area contributed by atoms with Crippen LogP contribution in [0.15, 0.2) is 16.7 Å². The summed E-state index contributed by atoms with van der Waals surface area (Å²) in [6.07, 6.45) is 4.96. The molecular formula is C17H22ClN3O2. The van der Waals surface area contributed by atoms with Gasteiger partial charge in [0.25, 0.3) is 0 Å². The average molecular weight is 336 g/mol. The van der Waals surface area contributed by atoms with Crippen LogP contribution in [0.4, 0.5) is 0 Å². The minimum absolute atomic E-state index is 0.299. The molecule has 3 heterocycles. The molecule has 5 nitrogen and oxygen atoms in total. The van der Waals surface area contributed by atoms with E-state index in [1.54, 1.807) is 0 Å². The zero-order chi connectivity index (χ0) is 16.2. The van der Waals surface area contributed by atoms with Gasteiger partial charge >= 0.3 is 0 Å². The Kier molecular flexibility index (Phi) is 5.28. The smallest absolute Gasteiger partial charge is 0.229 e. The van der Waals surface area contributed by atoms with Crippen molar-refractivity contribution in [2.24, 2.45) is 0 Å². The molecule has 2 unspecified atom stereocenters. The van der Waals surface area contributed by atoms with Gasteiger partial charge in [-0.25, -0.2) is 4.98 Å².